The fourth-order valence-corrected chi connectivity index (χ4v) is 4.60. The van der Waals surface area contributed by atoms with E-state index in [2.05, 4.69) is 52.6 Å². The van der Waals surface area contributed by atoms with Crippen molar-refractivity contribution in [2.75, 3.05) is 26.2 Å². The highest BCUT2D eigenvalue weighted by molar-refractivity contribution is 5.85. The maximum atomic E-state index is 2.74. The number of benzene rings is 1. The van der Waals surface area contributed by atoms with Crippen molar-refractivity contribution in [3.63, 3.8) is 0 Å². The molecule has 2 aliphatic rings. The van der Waals surface area contributed by atoms with Gasteiger partial charge in [0.1, 0.15) is 0 Å². The van der Waals surface area contributed by atoms with Crippen LogP contribution in [0.15, 0.2) is 24.3 Å². The van der Waals surface area contributed by atoms with Crippen LogP contribution in [0, 0.1) is 6.92 Å². The minimum atomic E-state index is 0.793. The van der Waals surface area contributed by atoms with Gasteiger partial charge in [-0.05, 0) is 63.9 Å². The minimum Gasteiger partial charge on any atom is -0.348 e. The molecule has 0 radical (unpaired) electrons. The Morgan fingerprint density at radius 3 is 2.65 bits per heavy atom. The van der Waals surface area contributed by atoms with E-state index in [1.165, 1.54) is 74.0 Å². The van der Waals surface area contributed by atoms with Gasteiger partial charge in [-0.1, -0.05) is 18.2 Å². The van der Waals surface area contributed by atoms with Crippen LogP contribution in [0.25, 0.3) is 10.9 Å². The first-order valence-corrected chi connectivity index (χ1v) is 9.23. The van der Waals surface area contributed by atoms with Crippen LogP contribution in [-0.4, -0.2) is 46.6 Å². The molecule has 4 rings (SSSR count). The van der Waals surface area contributed by atoms with Crippen molar-refractivity contribution >= 4 is 10.9 Å². The Labute approximate surface area is 139 Å². The van der Waals surface area contributed by atoms with E-state index in [1.54, 1.807) is 0 Å². The molecule has 0 spiro atoms. The first-order valence-electron chi connectivity index (χ1n) is 9.23. The number of hydrogen-bond donors (Lipinski definition) is 0. The Hall–Kier alpha value is -1.32. The predicted molar refractivity (Wildman–Crippen MR) is 96.8 cm³/mol. The van der Waals surface area contributed by atoms with E-state index in [0.717, 1.165) is 12.6 Å². The van der Waals surface area contributed by atoms with Crippen LogP contribution >= 0.6 is 0 Å². The number of hydrogen-bond acceptors (Lipinski definition) is 2. The van der Waals surface area contributed by atoms with E-state index in [9.17, 15) is 0 Å². The molecule has 2 saturated heterocycles. The second kappa shape index (κ2) is 6.29. The number of nitrogens with zero attached hydrogens (tertiary/aromatic N) is 3. The van der Waals surface area contributed by atoms with Gasteiger partial charge >= 0.3 is 0 Å². The molecule has 2 aliphatic heterocycles. The fraction of sp³-hybridized carbons (Fsp3) is 0.600. The average molecular weight is 311 g/mol. The summed E-state index contributed by atoms with van der Waals surface area (Å²) in [6.07, 6.45) is 5.55. The van der Waals surface area contributed by atoms with E-state index in [-0.39, 0.29) is 0 Å². The van der Waals surface area contributed by atoms with E-state index in [0.29, 0.717) is 0 Å². The molecule has 3 heteroatoms. The first-order chi connectivity index (χ1) is 11.2. The molecule has 1 aromatic heterocycles. The van der Waals surface area contributed by atoms with Gasteiger partial charge in [0.25, 0.3) is 0 Å². The molecule has 1 aromatic carbocycles. The van der Waals surface area contributed by atoms with Crippen LogP contribution in [0.2, 0.25) is 0 Å². The summed E-state index contributed by atoms with van der Waals surface area (Å²) in [6.45, 7) is 8.54. The van der Waals surface area contributed by atoms with Gasteiger partial charge in [-0.2, -0.15) is 0 Å². The summed E-state index contributed by atoms with van der Waals surface area (Å²) in [4.78, 5) is 5.43. The molecule has 2 aromatic rings. The van der Waals surface area contributed by atoms with Crippen molar-refractivity contribution in [2.24, 2.45) is 7.05 Å². The van der Waals surface area contributed by atoms with Crippen LogP contribution in [0.3, 0.4) is 0 Å². The first kappa shape index (κ1) is 15.2. The van der Waals surface area contributed by atoms with Gasteiger partial charge in [0.15, 0.2) is 0 Å². The normalized spacial score (nSPS) is 23.8. The number of aromatic nitrogens is 1. The van der Waals surface area contributed by atoms with Crippen LogP contribution < -0.4 is 0 Å². The van der Waals surface area contributed by atoms with Crippen molar-refractivity contribution in [3.8, 4) is 0 Å². The summed E-state index contributed by atoms with van der Waals surface area (Å²) in [7, 11) is 2.20. The van der Waals surface area contributed by atoms with Crippen LogP contribution in [0.1, 0.15) is 36.9 Å². The van der Waals surface area contributed by atoms with Crippen LogP contribution in [0.5, 0.6) is 0 Å². The molecule has 1 atom stereocenters. The summed E-state index contributed by atoms with van der Waals surface area (Å²) in [5.74, 6) is 0. The Balaban J connectivity index is 1.54. The lowest BCUT2D eigenvalue weighted by Crippen LogP contribution is -2.46. The molecule has 3 heterocycles. The van der Waals surface area contributed by atoms with E-state index >= 15 is 0 Å². The molecular formula is C20H29N3. The van der Waals surface area contributed by atoms with Gasteiger partial charge in [0, 0.05) is 42.8 Å². The van der Waals surface area contributed by atoms with Crippen LogP contribution in [-0.2, 0) is 13.6 Å². The largest absolute Gasteiger partial charge is 0.348 e. The molecule has 0 aliphatic carbocycles. The molecule has 23 heavy (non-hydrogen) atoms. The maximum Gasteiger partial charge on any atom is 0.0483 e. The predicted octanol–water partition coefficient (Wildman–Crippen LogP) is 3.55. The Morgan fingerprint density at radius 1 is 1.04 bits per heavy atom. The number of aryl methyl sites for hydroxylation is 1. The third kappa shape index (κ3) is 2.81. The molecule has 0 N–H and O–H groups in total. The number of fused-ring (bicyclic) bond motifs is 1. The molecule has 0 bridgehead atoms. The quantitative estimate of drug-likeness (QED) is 0.859. The topological polar surface area (TPSA) is 11.4 Å². The molecule has 0 unspecified atom stereocenters. The summed E-state index contributed by atoms with van der Waals surface area (Å²) in [5.41, 5.74) is 4.33. The number of rotatable bonds is 3. The van der Waals surface area contributed by atoms with Gasteiger partial charge < -0.3 is 4.57 Å². The minimum absolute atomic E-state index is 0.793. The Morgan fingerprint density at radius 2 is 1.83 bits per heavy atom. The van der Waals surface area contributed by atoms with Gasteiger partial charge in [0.2, 0.25) is 0 Å². The highest BCUT2D eigenvalue weighted by Crippen LogP contribution is 2.28. The molecule has 2 fully saturated rings. The Bertz CT molecular complexity index is 681. The second-order valence-electron chi connectivity index (χ2n) is 7.41. The van der Waals surface area contributed by atoms with Crippen molar-refractivity contribution in [3.05, 3.63) is 35.5 Å². The highest BCUT2D eigenvalue weighted by Gasteiger charge is 2.27. The third-order valence-electron chi connectivity index (χ3n) is 6.05. The third-order valence-corrected chi connectivity index (χ3v) is 6.05. The summed E-state index contributed by atoms with van der Waals surface area (Å²) < 4.78 is 2.35. The lowest BCUT2D eigenvalue weighted by molar-refractivity contribution is 0.111. The molecule has 124 valence electrons. The van der Waals surface area contributed by atoms with E-state index < -0.39 is 0 Å². The zero-order valence-corrected chi connectivity index (χ0v) is 14.6. The summed E-state index contributed by atoms with van der Waals surface area (Å²) >= 11 is 0. The standard InChI is InChI=1S/C20H29N3/c1-16-19(18-9-3-4-10-20(18)21(16)2)15-22-11-7-8-17(14-22)23-12-5-6-13-23/h3-4,9-10,17H,5-8,11-15H2,1-2H3/t17-/m0/s1. The molecular weight excluding hydrogens is 282 g/mol. The lowest BCUT2D eigenvalue weighted by Gasteiger charge is -2.37. The highest BCUT2D eigenvalue weighted by atomic mass is 15.2. The summed E-state index contributed by atoms with van der Waals surface area (Å²) in [6, 6.07) is 9.65. The van der Waals surface area contributed by atoms with Gasteiger partial charge in [0.05, 0.1) is 0 Å². The van der Waals surface area contributed by atoms with Crippen molar-refractivity contribution in [1.29, 1.82) is 0 Å². The number of para-hydroxylation sites is 1. The smallest absolute Gasteiger partial charge is 0.0483 e. The maximum absolute atomic E-state index is 2.74. The second-order valence-corrected chi connectivity index (χ2v) is 7.41. The zero-order chi connectivity index (χ0) is 15.8. The molecule has 3 nitrogen and oxygen atoms in total. The summed E-state index contributed by atoms with van der Waals surface area (Å²) in [5, 5.41) is 1.44. The lowest BCUT2D eigenvalue weighted by atomic mass is 10.0. The molecule has 0 amide bonds. The van der Waals surface area contributed by atoms with Gasteiger partial charge in [-0.25, -0.2) is 0 Å². The van der Waals surface area contributed by atoms with Crippen LogP contribution in [0.4, 0.5) is 0 Å². The van der Waals surface area contributed by atoms with Gasteiger partial charge in [-0.3, -0.25) is 9.80 Å². The van der Waals surface area contributed by atoms with E-state index in [4.69, 9.17) is 0 Å². The molecule has 0 saturated carbocycles. The SMILES string of the molecule is Cc1c(CN2CCC[C@H](N3CCCC3)C2)c2ccccc2n1C. The van der Waals surface area contributed by atoms with Crippen molar-refractivity contribution in [1.82, 2.24) is 14.4 Å². The number of likely N-dealkylation sites (tertiary alicyclic amines) is 2. The monoisotopic (exact) mass is 311 g/mol. The average Bonchev–Trinajstić information content (AvgIpc) is 3.20. The zero-order valence-electron chi connectivity index (χ0n) is 14.6. The van der Waals surface area contributed by atoms with E-state index in [1.807, 2.05) is 0 Å². The Kier molecular flexibility index (Phi) is 4.16. The van der Waals surface area contributed by atoms with Crippen molar-refractivity contribution < 1.29 is 0 Å². The number of piperidine rings is 1. The fourth-order valence-electron chi connectivity index (χ4n) is 4.60. The van der Waals surface area contributed by atoms with Crippen molar-refractivity contribution in [2.45, 2.75) is 45.2 Å². The van der Waals surface area contributed by atoms with Gasteiger partial charge in [-0.15, -0.1) is 0 Å².